The molecule has 4 amide bonds. The van der Waals surface area contributed by atoms with E-state index in [4.69, 9.17) is 4.18 Å². The number of hydrogen-bond donors (Lipinski definition) is 4. The third kappa shape index (κ3) is 7.09. The number of nitrogens with one attached hydrogen (secondary N) is 4. The van der Waals surface area contributed by atoms with Crippen LogP contribution in [0, 0.1) is 17.8 Å². The van der Waals surface area contributed by atoms with E-state index < -0.39 is 84.2 Å². The Morgan fingerprint density at radius 1 is 1.06 bits per heavy atom. The number of hydrazine groups is 1. The number of allylic oxidation sites excluding steroid dienone is 1. The molecule has 1 aromatic carbocycles. The molecule has 6 aliphatic rings. The van der Waals surface area contributed by atoms with Gasteiger partial charge in [-0.3, -0.25) is 28.1 Å². The summed E-state index contributed by atoms with van der Waals surface area (Å²) in [5.74, 6) is -3.23. The van der Waals surface area contributed by atoms with Crippen LogP contribution in [0.4, 0.5) is 0 Å². The quantitative estimate of drug-likeness (QED) is 0.214. The number of hydrogen-bond acceptors (Lipinski definition) is 11. The van der Waals surface area contributed by atoms with E-state index in [0.717, 1.165) is 0 Å². The highest BCUT2D eigenvalue weighted by molar-refractivity contribution is 9.10. The zero-order chi connectivity index (χ0) is 36.5. The average Bonchev–Trinajstić information content (AvgIpc) is 4.02. The molecule has 8 unspecified atom stereocenters. The van der Waals surface area contributed by atoms with Crippen molar-refractivity contribution < 1.29 is 40.2 Å². The van der Waals surface area contributed by atoms with E-state index in [2.05, 4.69) is 36.7 Å². The maximum Gasteiger partial charge on any atom is 0.297 e. The molecule has 1 aromatic rings. The predicted molar refractivity (Wildman–Crippen MR) is 186 cm³/mol. The fraction of sp³-hybridized carbons (Fsp3) is 0.576. The first-order valence-electron chi connectivity index (χ1n) is 17.0. The van der Waals surface area contributed by atoms with E-state index in [9.17, 15) is 36.0 Å². The van der Waals surface area contributed by atoms with Crippen LogP contribution in [0.2, 0.25) is 0 Å². The molecule has 0 spiro atoms. The molecule has 276 valence electrons. The minimum Gasteiger partial charge on any atom is -0.342 e. The second-order valence-electron chi connectivity index (χ2n) is 14.7. The van der Waals surface area contributed by atoms with E-state index in [-0.39, 0.29) is 36.1 Å². The Morgan fingerprint density at radius 3 is 2.45 bits per heavy atom. The number of halogens is 1. The molecule has 8 atom stereocenters. The second kappa shape index (κ2) is 13.0. The standard InChI is InChI=1S/C33H41BrN6O9S2/c1-32(12-13-32)51(47,48)38-31(44)33-17-20(33)6-4-3-5-19-15-24(19)27(35-28(41)25-11-14-39(2)37-25)30(43)40-18-22(16-26(40)29(42)36-33)49-50(45,46)23-9-7-21(34)8-10-23/h4,6-11,14,19-20,22,24-27,37H,3,5,12-13,15-18H2,1-2H3,(H,35,41)(H,36,42)(H,38,44). The van der Waals surface area contributed by atoms with Gasteiger partial charge in [-0.25, -0.2) is 13.8 Å². The van der Waals surface area contributed by atoms with Crippen molar-refractivity contribution in [2.45, 2.75) is 91.3 Å². The van der Waals surface area contributed by atoms with Crippen LogP contribution in [0.1, 0.15) is 51.9 Å². The number of carbonyl (C=O) groups is 4. The van der Waals surface area contributed by atoms with Gasteiger partial charge >= 0.3 is 0 Å². The summed E-state index contributed by atoms with van der Waals surface area (Å²) in [6.45, 7) is 1.27. The summed E-state index contributed by atoms with van der Waals surface area (Å²) in [5.41, 5.74) is 1.38. The maximum absolute atomic E-state index is 14.5. The summed E-state index contributed by atoms with van der Waals surface area (Å²) < 4.78 is 60.1. The highest BCUT2D eigenvalue weighted by Gasteiger charge is 2.63. The van der Waals surface area contributed by atoms with Crippen LogP contribution >= 0.6 is 15.9 Å². The van der Waals surface area contributed by atoms with Crippen molar-refractivity contribution >= 4 is 59.7 Å². The molecule has 3 heterocycles. The van der Waals surface area contributed by atoms with Gasteiger partial charge in [0.05, 0.1) is 15.7 Å². The number of sulfonamides is 1. The van der Waals surface area contributed by atoms with Crippen molar-refractivity contribution in [1.29, 1.82) is 0 Å². The highest BCUT2D eigenvalue weighted by atomic mass is 79.9. The molecule has 3 saturated carbocycles. The minimum atomic E-state index is -4.32. The lowest BCUT2D eigenvalue weighted by molar-refractivity contribution is -0.143. The van der Waals surface area contributed by atoms with Crippen LogP contribution in [0.15, 0.2) is 58.1 Å². The van der Waals surface area contributed by atoms with E-state index in [1.807, 2.05) is 12.2 Å². The third-order valence-corrected chi connectivity index (χ3v) is 15.0. The van der Waals surface area contributed by atoms with Crippen LogP contribution < -0.4 is 20.8 Å². The van der Waals surface area contributed by atoms with Crippen LogP contribution in [0.3, 0.4) is 0 Å². The molecule has 4 N–H and O–H groups in total. The largest absolute Gasteiger partial charge is 0.342 e. The Balaban J connectivity index is 1.19. The summed E-state index contributed by atoms with van der Waals surface area (Å²) in [4.78, 5) is 57.0. The van der Waals surface area contributed by atoms with Gasteiger partial charge in [-0.05, 0) is 87.6 Å². The van der Waals surface area contributed by atoms with E-state index in [1.54, 1.807) is 43.4 Å². The van der Waals surface area contributed by atoms with Gasteiger partial charge in [0.15, 0.2) is 0 Å². The first kappa shape index (κ1) is 36.1. The van der Waals surface area contributed by atoms with Gasteiger partial charge in [-0.15, -0.1) is 0 Å². The Hall–Kier alpha value is -3.32. The molecule has 4 fully saturated rings. The van der Waals surface area contributed by atoms with Crippen molar-refractivity contribution in [3.63, 3.8) is 0 Å². The van der Waals surface area contributed by atoms with E-state index in [1.165, 1.54) is 17.0 Å². The summed E-state index contributed by atoms with van der Waals surface area (Å²) >= 11 is 3.28. The summed E-state index contributed by atoms with van der Waals surface area (Å²) in [7, 11) is -6.61. The number of carbonyl (C=O) groups excluding carboxylic acids is 4. The molecular weight excluding hydrogens is 768 g/mol. The van der Waals surface area contributed by atoms with Gasteiger partial charge in [0.2, 0.25) is 27.7 Å². The molecule has 3 aliphatic carbocycles. The monoisotopic (exact) mass is 808 g/mol. The van der Waals surface area contributed by atoms with Gasteiger partial charge in [0.1, 0.15) is 23.7 Å². The van der Waals surface area contributed by atoms with Gasteiger partial charge < -0.3 is 20.5 Å². The lowest BCUT2D eigenvalue weighted by Gasteiger charge is -2.31. The van der Waals surface area contributed by atoms with Crippen molar-refractivity contribution in [2.75, 3.05) is 13.6 Å². The van der Waals surface area contributed by atoms with Gasteiger partial charge in [0, 0.05) is 36.6 Å². The first-order chi connectivity index (χ1) is 24.0. The van der Waals surface area contributed by atoms with Gasteiger partial charge in [-0.2, -0.15) is 8.42 Å². The van der Waals surface area contributed by atoms with E-state index in [0.29, 0.717) is 36.6 Å². The fourth-order valence-electron chi connectivity index (χ4n) is 7.28. The first-order valence-corrected chi connectivity index (χ1v) is 20.7. The fourth-order valence-corrected chi connectivity index (χ4v) is 9.94. The van der Waals surface area contributed by atoms with Crippen molar-refractivity contribution in [3.05, 3.63) is 53.2 Å². The van der Waals surface area contributed by atoms with Crippen LogP contribution in [-0.4, -0.2) is 98.5 Å². The maximum atomic E-state index is 14.5. The molecule has 0 bridgehead atoms. The molecule has 1 saturated heterocycles. The Morgan fingerprint density at radius 2 is 1.78 bits per heavy atom. The Bertz CT molecular complexity index is 1920. The number of fused-ring (bicyclic) bond motifs is 3. The number of amides is 4. The van der Waals surface area contributed by atoms with Crippen LogP contribution in [-0.2, 0) is 43.5 Å². The van der Waals surface area contributed by atoms with Crippen molar-refractivity contribution in [1.82, 2.24) is 30.7 Å². The predicted octanol–water partition coefficient (Wildman–Crippen LogP) is 0.801. The average molecular weight is 810 g/mol. The smallest absolute Gasteiger partial charge is 0.297 e. The molecular formula is C33H41BrN6O9S2. The number of benzene rings is 1. The minimum absolute atomic E-state index is 0.0954. The third-order valence-electron chi connectivity index (χ3n) is 11.0. The normalized spacial score (nSPS) is 34.1. The Kier molecular flexibility index (Phi) is 9.17. The lowest BCUT2D eigenvalue weighted by Crippen LogP contribution is -2.59. The summed E-state index contributed by atoms with van der Waals surface area (Å²) in [5, 5.41) is 7.29. The zero-order valence-corrected chi connectivity index (χ0v) is 31.3. The number of rotatable bonds is 8. The van der Waals surface area contributed by atoms with Crippen LogP contribution in [0.5, 0.6) is 0 Å². The summed E-state index contributed by atoms with van der Waals surface area (Å²) in [6, 6.07) is 2.80. The molecule has 0 radical (unpaired) electrons. The highest BCUT2D eigenvalue weighted by Crippen LogP contribution is 2.49. The van der Waals surface area contributed by atoms with Crippen molar-refractivity contribution in [2.24, 2.45) is 17.8 Å². The zero-order valence-electron chi connectivity index (χ0n) is 28.1. The van der Waals surface area contributed by atoms with Crippen LogP contribution in [0.25, 0.3) is 0 Å². The summed E-state index contributed by atoms with van der Waals surface area (Å²) in [6.07, 6.45) is 8.64. The molecule has 7 rings (SSSR count). The second-order valence-corrected chi connectivity index (χ2v) is 19.4. The van der Waals surface area contributed by atoms with E-state index >= 15 is 0 Å². The molecule has 51 heavy (non-hydrogen) atoms. The van der Waals surface area contributed by atoms with Gasteiger partial charge in [0.25, 0.3) is 16.0 Å². The molecule has 0 aromatic heterocycles. The lowest BCUT2D eigenvalue weighted by atomic mass is 10.0. The molecule has 3 aliphatic heterocycles. The molecule has 18 heteroatoms. The van der Waals surface area contributed by atoms with Gasteiger partial charge in [-0.1, -0.05) is 28.1 Å². The topological polar surface area (TPSA) is 200 Å². The SMILES string of the molecule is CN1C=CC(C(=O)NC2C(=O)N3CC(OS(=O)(=O)c4ccc(Br)cc4)CC3C(=O)NC3(C(=O)NS(=O)(=O)C4(C)CC4)CC3C=CCCC3CC32)N1. The number of nitrogens with zero attached hydrogens (tertiary/aromatic N) is 2. The Labute approximate surface area is 305 Å². The van der Waals surface area contributed by atoms with Crippen molar-refractivity contribution in [3.8, 4) is 0 Å². The molecule has 15 nitrogen and oxygen atoms in total.